The Morgan fingerprint density at radius 2 is 0.613 bits per heavy atom. The van der Waals surface area contributed by atoms with Gasteiger partial charge in [0.25, 0.3) is 0 Å². The van der Waals surface area contributed by atoms with E-state index in [0.717, 1.165) is 57.8 Å². The van der Waals surface area contributed by atoms with Crippen LogP contribution in [0.4, 0.5) is 0 Å². The smallest absolute Gasteiger partial charge is 0.324 e. The van der Waals surface area contributed by atoms with Gasteiger partial charge in [0.2, 0.25) is 12.5 Å². The third-order valence-electron chi connectivity index (χ3n) is 12.8. The van der Waals surface area contributed by atoms with Crippen molar-refractivity contribution >= 4 is 23.9 Å². The quantitative estimate of drug-likeness (QED) is 0.0149. The maximum Gasteiger partial charge on any atom is 0.324 e. The van der Waals surface area contributed by atoms with Crippen molar-refractivity contribution in [3.8, 4) is 0 Å². The van der Waals surface area contributed by atoms with E-state index in [-0.39, 0.29) is 25.2 Å². The summed E-state index contributed by atoms with van der Waals surface area (Å²) in [5, 5.41) is 0. The largest absolute Gasteiger partial charge is 0.460 e. The molecule has 0 aliphatic carbocycles. The van der Waals surface area contributed by atoms with Crippen LogP contribution in [0.1, 0.15) is 240 Å². The minimum absolute atomic E-state index is 0.221. The molecule has 0 aromatic rings. The zero-order chi connectivity index (χ0) is 46.3. The van der Waals surface area contributed by atoms with Gasteiger partial charge in [-0.1, -0.05) is 194 Å². The fourth-order valence-corrected chi connectivity index (χ4v) is 8.28. The minimum atomic E-state index is -1.04. The van der Waals surface area contributed by atoms with Crippen molar-refractivity contribution in [2.45, 2.75) is 253 Å². The molecule has 0 saturated heterocycles. The van der Waals surface area contributed by atoms with Gasteiger partial charge in [0, 0.05) is 26.7 Å². The van der Waals surface area contributed by atoms with Crippen molar-refractivity contribution in [1.29, 1.82) is 0 Å². The molecule has 62 heavy (non-hydrogen) atoms. The number of hydrogen-bond donors (Lipinski definition) is 0. The Kier molecular flexibility index (Phi) is 37.8. The standard InChI is InChI=1S/C52H102N2O8/c1-10-13-16-19-22-25-26-27-28-29-30-33-36-39-48(51(57)61-49(53(6,7)42-44-59-46(4)55)40-37-34-31-23-20-17-14-11-2)52(58)62-50(54(8,9)43-45-60-47(5)56)41-38-35-32-24-21-18-15-12-3/h48-50H,10-45H2,1-9H3/q+2. The topological polar surface area (TPSA) is 105 Å². The molecule has 10 nitrogen and oxygen atoms in total. The summed E-state index contributed by atoms with van der Waals surface area (Å²) in [6.07, 6.45) is 35.1. The van der Waals surface area contributed by atoms with E-state index < -0.39 is 30.3 Å². The maximum absolute atomic E-state index is 14.4. The van der Waals surface area contributed by atoms with Crippen LogP contribution in [0.15, 0.2) is 0 Å². The van der Waals surface area contributed by atoms with E-state index in [2.05, 4.69) is 20.8 Å². The Labute approximate surface area is 382 Å². The average Bonchev–Trinajstić information content (AvgIpc) is 3.21. The lowest BCUT2D eigenvalue weighted by molar-refractivity contribution is -0.935. The van der Waals surface area contributed by atoms with Crippen LogP contribution in [-0.4, -0.2) is 99.8 Å². The van der Waals surface area contributed by atoms with Gasteiger partial charge in [-0.25, -0.2) is 0 Å². The fraction of sp³-hybridized carbons (Fsp3) is 0.923. The Morgan fingerprint density at radius 3 is 0.871 bits per heavy atom. The normalized spacial score (nSPS) is 13.4. The van der Waals surface area contributed by atoms with Crippen molar-refractivity contribution in [1.82, 2.24) is 0 Å². The number of likely N-dealkylation sites (N-methyl/N-ethyl adjacent to an activating group) is 2. The molecule has 0 rings (SSSR count). The molecule has 0 spiro atoms. The van der Waals surface area contributed by atoms with Gasteiger partial charge in [-0.3, -0.25) is 28.1 Å². The number of rotatable bonds is 44. The predicted molar refractivity (Wildman–Crippen MR) is 255 cm³/mol. The summed E-state index contributed by atoms with van der Waals surface area (Å²) in [5.74, 6) is -2.75. The highest BCUT2D eigenvalue weighted by molar-refractivity contribution is 5.95. The lowest BCUT2D eigenvalue weighted by Crippen LogP contribution is -2.54. The van der Waals surface area contributed by atoms with Crippen LogP contribution in [0.2, 0.25) is 0 Å². The number of esters is 4. The molecule has 0 fully saturated rings. The van der Waals surface area contributed by atoms with E-state index in [4.69, 9.17) is 18.9 Å². The Balaban J connectivity index is 6.03. The van der Waals surface area contributed by atoms with E-state index in [0.29, 0.717) is 41.3 Å². The summed E-state index contributed by atoms with van der Waals surface area (Å²) in [5.41, 5.74) is 0. The molecule has 0 radical (unpaired) electrons. The van der Waals surface area contributed by atoms with Gasteiger partial charge >= 0.3 is 23.9 Å². The molecule has 0 amide bonds. The molecule has 0 aliphatic rings. The van der Waals surface area contributed by atoms with Crippen molar-refractivity contribution in [3.63, 3.8) is 0 Å². The number of ether oxygens (including phenoxy) is 4. The predicted octanol–water partition coefficient (Wildman–Crippen LogP) is 13.2. The molecular formula is C52H102N2O8+2. The zero-order valence-corrected chi connectivity index (χ0v) is 42.3. The first-order chi connectivity index (χ1) is 29.7. The van der Waals surface area contributed by atoms with Gasteiger partial charge in [-0.05, 0) is 19.3 Å². The van der Waals surface area contributed by atoms with Crippen LogP contribution < -0.4 is 0 Å². The van der Waals surface area contributed by atoms with Gasteiger partial charge < -0.3 is 18.9 Å². The molecule has 2 unspecified atom stereocenters. The summed E-state index contributed by atoms with van der Waals surface area (Å²) in [4.78, 5) is 52.1. The molecule has 0 aromatic carbocycles. The van der Waals surface area contributed by atoms with Crippen LogP contribution >= 0.6 is 0 Å². The monoisotopic (exact) mass is 883 g/mol. The number of carbonyl (C=O) groups excluding carboxylic acids is 4. The van der Waals surface area contributed by atoms with E-state index in [9.17, 15) is 19.2 Å². The van der Waals surface area contributed by atoms with Crippen molar-refractivity contribution in [2.75, 3.05) is 54.5 Å². The average molecular weight is 883 g/mol. The molecule has 0 saturated carbocycles. The van der Waals surface area contributed by atoms with E-state index >= 15 is 0 Å². The lowest BCUT2D eigenvalue weighted by Gasteiger charge is -2.38. The summed E-state index contributed by atoms with van der Waals surface area (Å²) in [6.45, 7) is 10.9. The zero-order valence-electron chi connectivity index (χ0n) is 42.3. The number of hydrogen-bond acceptors (Lipinski definition) is 8. The molecule has 0 bridgehead atoms. The second-order valence-electron chi connectivity index (χ2n) is 19.6. The molecular weight excluding hydrogens is 781 g/mol. The Hall–Kier alpha value is -2.20. The lowest BCUT2D eigenvalue weighted by atomic mass is 9.99. The van der Waals surface area contributed by atoms with Crippen LogP contribution in [-0.2, 0) is 38.1 Å². The Morgan fingerprint density at radius 1 is 0.371 bits per heavy atom. The number of nitrogens with zero attached hydrogens (tertiary/aromatic N) is 2. The van der Waals surface area contributed by atoms with Crippen molar-refractivity contribution < 1.29 is 47.1 Å². The SMILES string of the molecule is CCCCCCCCCCCCCCCC(C(=O)OC(CCCCCCCCCC)[N+](C)(C)CCOC(C)=O)C(=O)OC(CCCCCCCCCC)[N+](C)(C)CCOC(C)=O. The summed E-state index contributed by atoms with van der Waals surface area (Å²) in [6, 6.07) is 0. The first-order valence-electron chi connectivity index (χ1n) is 26.0. The number of unbranched alkanes of at least 4 members (excludes halogenated alkanes) is 26. The third kappa shape index (κ3) is 33.3. The molecule has 0 N–H and O–H groups in total. The van der Waals surface area contributed by atoms with Gasteiger partial charge in [0.15, 0.2) is 5.92 Å². The second-order valence-corrected chi connectivity index (χ2v) is 19.6. The first kappa shape index (κ1) is 59.8. The molecule has 0 aromatic heterocycles. The van der Waals surface area contributed by atoms with Gasteiger partial charge in [0.05, 0.1) is 28.2 Å². The van der Waals surface area contributed by atoms with Crippen LogP contribution in [0.5, 0.6) is 0 Å². The highest BCUT2D eigenvalue weighted by Gasteiger charge is 2.40. The summed E-state index contributed by atoms with van der Waals surface area (Å²) in [7, 11) is 8.04. The highest BCUT2D eigenvalue weighted by Crippen LogP contribution is 2.25. The van der Waals surface area contributed by atoms with E-state index in [1.165, 1.54) is 142 Å². The third-order valence-corrected chi connectivity index (χ3v) is 12.8. The second kappa shape index (κ2) is 39.2. The molecule has 10 heteroatoms. The van der Waals surface area contributed by atoms with Crippen LogP contribution in [0.3, 0.4) is 0 Å². The summed E-state index contributed by atoms with van der Waals surface area (Å²) < 4.78 is 24.2. The van der Waals surface area contributed by atoms with E-state index in [1.807, 2.05) is 28.2 Å². The van der Waals surface area contributed by atoms with Gasteiger partial charge in [-0.15, -0.1) is 0 Å². The van der Waals surface area contributed by atoms with Gasteiger partial charge in [0.1, 0.15) is 26.3 Å². The first-order valence-corrected chi connectivity index (χ1v) is 26.0. The van der Waals surface area contributed by atoms with Gasteiger partial charge in [-0.2, -0.15) is 0 Å². The number of carbonyl (C=O) groups is 4. The van der Waals surface area contributed by atoms with Crippen LogP contribution in [0, 0.1) is 5.92 Å². The Bertz CT molecular complexity index is 1040. The maximum atomic E-state index is 14.4. The van der Waals surface area contributed by atoms with E-state index in [1.54, 1.807) is 0 Å². The molecule has 366 valence electrons. The van der Waals surface area contributed by atoms with Crippen molar-refractivity contribution in [2.24, 2.45) is 5.92 Å². The van der Waals surface area contributed by atoms with Crippen LogP contribution in [0.25, 0.3) is 0 Å². The molecule has 0 heterocycles. The number of quaternary nitrogens is 2. The molecule has 2 atom stereocenters. The fourth-order valence-electron chi connectivity index (χ4n) is 8.28. The molecule has 0 aliphatic heterocycles. The highest BCUT2D eigenvalue weighted by atomic mass is 16.6. The summed E-state index contributed by atoms with van der Waals surface area (Å²) >= 11 is 0. The van der Waals surface area contributed by atoms with Crippen molar-refractivity contribution in [3.05, 3.63) is 0 Å². The minimum Gasteiger partial charge on any atom is -0.460 e.